The fourth-order valence-electron chi connectivity index (χ4n) is 7.47. The molecule has 0 aliphatic carbocycles. The van der Waals surface area contributed by atoms with Crippen LogP contribution >= 0.6 is 0 Å². The van der Waals surface area contributed by atoms with Crippen molar-refractivity contribution in [1.82, 2.24) is 14.8 Å². The highest BCUT2D eigenvalue weighted by atomic mass is 16.5. The van der Waals surface area contributed by atoms with Crippen molar-refractivity contribution in [2.45, 2.75) is 64.7 Å². The van der Waals surface area contributed by atoms with Crippen molar-refractivity contribution in [3.8, 4) is 11.9 Å². The van der Waals surface area contributed by atoms with E-state index in [-0.39, 0.29) is 18.0 Å². The number of rotatable bonds is 6. The first-order chi connectivity index (χ1) is 20.8. The minimum absolute atomic E-state index is 0.0279. The molecule has 2 saturated heterocycles. The number of nitriles is 1. The molecule has 6 rings (SSSR count). The van der Waals surface area contributed by atoms with Gasteiger partial charge >= 0.3 is 0 Å². The molecule has 4 heterocycles. The summed E-state index contributed by atoms with van der Waals surface area (Å²) in [6.07, 6.45) is 4.40. The predicted octanol–water partition coefficient (Wildman–Crippen LogP) is 5.06. The Morgan fingerprint density at radius 3 is 2.56 bits per heavy atom. The van der Waals surface area contributed by atoms with Gasteiger partial charge in [-0.1, -0.05) is 36.9 Å². The van der Waals surface area contributed by atoms with Crippen molar-refractivity contribution in [3.63, 3.8) is 0 Å². The number of hydrogen-bond donors (Lipinski definition) is 0. The summed E-state index contributed by atoms with van der Waals surface area (Å²) in [4.78, 5) is 26.7. The lowest BCUT2D eigenvalue weighted by Crippen LogP contribution is -2.58. The molecule has 1 aromatic heterocycles. The van der Waals surface area contributed by atoms with Gasteiger partial charge < -0.3 is 24.3 Å². The van der Waals surface area contributed by atoms with Gasteiger partial charge in [-0.15, -0.1) is 0 Å². The van der Waals surface area contributed by atoms with Gasteiger partial charge in [0.15, 0.2) is 0 Å². The van der Waals surface area contributed by atoms with E-state index in [0.29, 0.717) is 43.7 Å². The standard InChI is InChI=1S/C35H42N6O2/c1-6-32(42)41-24(3)19-40(20-25(41)4)34-28-15-17-39(31-14-8-12-26-11-7-10-23(2)33(26)31)21-30(28)37-35(29(34)18-36)43-22-27-13-9-16-38(27)5/h6-8,10-12,14,24-25,27H,1,9,13,15-17,19-22H2,2-5H3/t24-,25+,27-/m1/s1. The molecule has 224 valence electrons. The van der Waals surface area contributed by atoms with Crippen molar-refractivity contribution in [3.05, 3.63) is 71.4 Å². The Balaban J connectivity index is 1.41. The van der Waals surface area contributed by atoms with Gasteiger partial charge in [-0.3, -0.25) is 4.79 Å². The Labute approximate surface area is 255 Å². The monoisotopic (exact) mass is 578 g/mol. The lowest BCUT2D eigenvalue weighted by molar-refractivity contribution is -0.130. The molecule has 3 aliphatic heterocycles. The number of pyridine rings is 1. The molecule has 0 radical (unpaired) electrons. The molecular weight excluding hydrogens is 536 g/mol. The summed E-state index contributed by atoms with van der Waals surface area (Å²) in [7, 11) is 2.13. The summed E-state index contributed by atoms with van der Waals surface area (Å²) in [6.45, 7) is 14.3. The number of benzene rings is 2. The van der Waals surface area contributed by atoms with E-state index in [0.717, 1.165) is 49.3 Å². The molecule has 3 atom stereocenters. The van der Waals surface area contributed by atoms with Gasteiger partial charge in [0, 0.05) is 54.4 Å². The Morgan fingerprint density at radius 1 is 1.14 bits per heavy atom. The number of amides is 1. The minimum atomic E-state index is -0.0531. The topological polar surface area (TPSA) is 75.9 Å². The van der Waals surface area contributed by atoms with Crippen LogP contribution in [0.4, 0.5) is 11.4 Å². The smallest absolute Gasteiger partial charge is 0.246 e. The second kappa shape index (κ2) is 11.9. The van der Waals surface area contributed by atoms with Gasteiger partial charge in [-0.05, 0) is 76.7 Å². The molecule has 8 heteroatoms. The number of carbonyl (C=O) groups is 1. The van der Waals surface area contributed by atoms with Gasteiger partial charge in [-0.25, -0.2) is 4.98 Å². The Morgan fingerprint density at radius 2 is 1.88 bits per heavy atom. The second-order valence-corrected chi connectivity index (χ2v) is 12.4. The van der Waals surface area contributed by atoms with E-state index in [1.807, 2.05) is 4.90 Å². The van der Waals surface area contributed by atoms with Crippen molar-refractivity contribution >= 4 is 28.1 Å². The molecule has 0 bridgehead atoms. The molecule has 1 amide bonds. The number of piperazine rings is 1. The van der Waals surface area contributed by atoms with Crippen LogP contribution in [-0.4, -0.2) is 78.7 Å². The molecule has 3 aromatic rings. The largest absolute Gasteiger partial charge is 0.475 e. The molecule has 0 N–H and O–H groups in total. The van der Waals surface area contributed by atoms with Gasteiger partial charge in [0.1, 0.15) is 18.2 Å². The number of anilines is 2. The van der Waals surface area contributed by atoms with Crippen LogP contribution in [0.3, 0.4) is 0 Å². The van der Waals surface area contributed by atoms with Crippen molar-refractivity contribution in [2.24, 2.45) is 0 Å². The van der Waals surface area contributed by atoms with Gasteiger partial charge in [-0.2, -0.15) is 5.26 Å². The van der Waals surface area contributed by atoms with Crippen LogP contribution in [0.5, 0.6) is 5.88 Å². The zero-order valence-electron chi connectivity index (χ0n) is 25.8. The molecular formula is C35H42N6O2. The predicted molar refractivity (Wildman–Crippen MR) is 172 cm³/mol. The average molecular weight is 579 g/mol. The molecule has 2 fully saturated rings. The average Bonchev–Trinajstić information content (AvgIpc) is 3.42. The van der Waals surface area contributed by atoms with Crippen LogP contribution in [0.2, 0.25) is 0 Å². The third kappa shape index (κ3) is 5.31. The number of nitrogens with zero attached hydrogens (tertiary/aromatic N) is 6. The number of likely N-dealkylation sites (tertiary alicyclic amines) is 1. The van der Waals surface area contributed by atoms with E-state index in [9.17, 15) is 10.1 Å². The zero-order chi connectivity index (χ0) is 30.2. The molecule has 8 nitrogen and oxygen atoms in total. The van der Waals surface area contributed by atoms with Gasteiger partial charge in [0.2, 0.25) is 11.8 Å². The number of aryl methyl sites for hydroxylation is 1. The molecule has 43 heavy (non-hydrogen) atoms. The lowest BCUT2D eigenvalue weighted by atomic mass is 9.95. The number of likely N-dealkylation sites (N-methyl/N-ethyl adjacent to an activating group) is 1. The fourth-order valence-corrected chi connectivity index (χ4v) is 7.47. The van der Waals surface area contributed by atoms with Crippen molar-refractivity contribution in [1.29, 1.82) is 5.26 Å². The number of ether oxygens (including phenoxy) is 1. The summed E-state index contributed by atoms with van der Waals surface area (Å²) in [5, 5.41) is 13.1. The van der Waals surface area contributed by atoms with Crippen LogP contribution < -0.4 is 14.5 Å². The van der Waals surface area contributed by atoms with E-state index in [1.54, 1.807) is 0 Å². The molecule has 3 aliphatic rings. The van der Waals surface area contributed by atoms with E-state index >= 15 is 0 Å². The number of fused-ring (bicyclic) bond motifs is 2. The number of hydrogen-bond acceptors (Lipinski definition) is 7. The first kappa shape index (κ1) is 29.0. The fraction of sp³-hybridized carbons (Fsp3) is 0.457. The SMILES string of the molecule is C=CC(=O)N1[C@H](C)CN(c2c(C#N)c(OC[C@H]3CCCN3C)nc3c2CCN(c2cccc4cccc(C)c24)C3)C[C@@H]1C. The first-order valence-corrected chi connectivity index (χ1v) is 15.5. The normalized spacial score (nSPS) is 22.4. The number of aromatic nitrogens is 1. The molecule has 0 unspecified atom stereocenters. The maximum atomic E-state index is 12.7. The summed E-state index contributed by atoms with van der Waals surface area (Å²) in [6, 6.07) is 15.7. The highest BCUT2D eigenvalue weighted by Gasteiger charge is 2.36. The van der Waals surface area contributed by atoms with Crippen LogP contribution in [0.1, 0.15) is 49.1 Å². The Bertz CT molecular complexity index is 1580. The first-order valence-electron chi connectivity index (χ1n) is 15.5. The van der Waals surface area contributed by atoms with Gasteiger partial charge in [0.25, 0.3) is 0 Å². The van der Waals surface area contributed by atoms with Crippen molar-refractivity contribution in [2.75, 3.05) is 49.6 Å². The molecule has 2 aromatic carbocycles. The summed E-state index contributed by atoms with van der Waals surface area (Å²) < 4.78 is 6.44. The highest BCUT2D eigenvalue weighted by molar-refractivity contribution is 5.97. The summed E-state index contributed by atoms with van der Waals surface area (Å²) >= 11 is 0. The van der Waals surface area contributed by atoms with Crippen LogP contribution in [0.15, 0.2) is 49.1 Å². The summed E-state index contributed by atoms with van der Waals surface area (Å²) in [5.41, 5.74) is 6.00. The van der Waals surface area contributed by atoms with Crippen LogP contribution in [0.25, 0.3) is 10.8 Å². The van der Waals surface area contributed by atoms with Crippen LogP contribution in [0, 0.1) is 18.3 Å². The zero-order valence-corrected chi connectivity index (χ0v) is 25.8. The Kier molecular flexibility index (Phi) is 8.02. The minimum Gasteiger partial charge on any atom is -0.475 e. The Hall–Kier alpha value is -4.09. The molecule has 0 spiro atoms. The maximum absolute atomic E-state index is 12.7. The van der Waals surface area contributed by atoms with Crippen LogP contribution in [-0.2, 0) is 17.8 Å². The highest BCUT2D eigenvalue weighted by Crippen LogP contribution is 2.40. The molecule has 0 saturated carbocycles. The van der Waals surface area contributed by atoms with E-state index < -0.39 is 0 Å². The van der Waals surface area contributed by atoms with Gasteiger partial charge in [0.05, 0.1) is 17.9 Å². The second-order valence-electron chi connectivity index (χ2n) is 12.4. The quantitative estimate of drug-likeness (QED) is 0.379. The number of carbonyl (C=O) groups excluding carboxylic acids is 1. The maximum Gasteiger partial charge on any atom is 0.246 e. The van der Waals surface area contributed by atoms with E-state index in [2.05, 4.69) is 91.6 Å². The van der Waals surface area contributed by atoms with E-state index in [1.165, 1.54) is 28.1 Å². The third-order valence-electron chi connectivity index (χ3n) is 9.59. The third-order valence-corrected chi connectivity index (χ3v) is 9.59. The van der Waals surface area contributed by atoms with E-state index in [4.69, 9.17) is 9.72 Å². The van der Waals surface area contributed by atoms with Crippen molar-refractivity contribution < 1.29 is 9.53 Å². The summed E-state index contributed by atoms with van der Waals surface area (Å²) in [5.74, 6) is 0.375. The lowest BCUT2D eigenvalue weighted by Gasteiger charge is -2.46.